The van der Waals surface area contributed by atoms with E-state index in [0.717, 1.165) is 23.1 Å². The lowest BCUT2D eigenvalue weighted by Crippen LogP contribution is -2.33. The van der Waals surface area contributed by atoms with Gasteiger partial charge in [0.1, 0.15) is 0 Å². The minimum atomic E-state index is 0.299. The van der Waals surface area contributed by atoms with Crippen LogP contribution in [0.3, 0.4) is 0 Å². The molecule has 0 amide bonds. The summed E-state index contributed by atoms with van der Waals surface area (Å²) >= 11 is 3.49. The van der Waals surface area contributed by atoms with Gasteiger partial charge in [0.25, 0.3) is 0 Å². The molecule has 1 aliphatic carbocycles. The smallest absolute Gasteiger partial charge is 0.0649 e. The van der Waals surface area contributed by atoms with Crippen LogP contribution in [0.5, 0.6) is 0 Å². The number of nitrogens with zero attached hydrogens (tertiary/aromatic N) is 2. The van der Waals surface area contributed by atoms with Gasteiger partial charge >= 0.3 is 0 Å². The second-order valence-corrected chi connectivity index (χ2v) is 7.51. The van der Waals surface area contributed by atoms with E-state index in [2.05, 4.69) is 76.1 Å². The van der Waals surface area contributed by atoms with Crippen molar-refractivity contribution in [3.05, 3.63) is 46.2 Å². The zero-order chi connectivity index (χ0) is 15.0. The molecule has 21 heavy (non-hydrogen) atoms. The number of aromatic nitrogens is 2. The standard InChI is InChI=1S/C17H22BrN3/c1-4-19-15-9-17(2,3)10-16-14(15)11-20-21(16)13-7-5-12(18)6-8-13/h5-8,11,15,19H,4,9-10H2,1-3H3. The molecular weight excluding hydrogens is 326 g/mol. The van der Waals surface area contributed by atoms with Gasteiger partial charge in [0.2, 0.25) is 0 Å². The van der Waals surface area contributed by atoms with Crippen LogP contribution in [0.25, 0.3) is 5.69 Å². The number of hydrogen-bond donors (Lipinski definition) is 1. The Labute approximate surface area is 134 Å². The molecule has 1 atom stereocenters. The zero-order valence-corrected chi connectivity index (χ0v) is 14.4. The van der Waals surface area contributed by atoms with E-state index in [1.165, 1.54) is 17.7 Å². The highest BCUT2D eigenvalue weighted by molar-refractivity contribution is 9.10. The van der Waals surface area contributed by atoms with E-state index >= 15 is 0 Å². The van der Waals surface area contributed by atoms with E-state index in [9.17, 15) is 0 Å². The second-order valence-electron chi connectivity index (χ2n) is 6.59. The lowest BCUT2D eigenvalue weighted by molar-refractivity contribution is 0.255. The second kappa shape index (κ2) is 5.58. The largest absolute Gasteiger partial charge is 0.310 e. The van der Waals surface area contributed by atoms with Gasteiger partial charge in [-0.15, -0.1) is 0 Å². The van der Waals surface area contributed by atoms with Crippen molar-refractivity contribution in [3.63, 3.8) is 0 Å². The van der Waals surface area contributed by atoms with E-state index in [4.69, 9.17) is 0 Å². The average Bonchev–Trinajstić information content (AvgIpc) is 2.82. The third kappa shape index (κ3) is 2.92. The fourth-order valence-electron chi connectivity index (χ4n) is 3.28. The molecule has 1 aliphatic rings. The molecule has 3 rings (SSSR count). The quantitative estimate of drug-likeness (QED) is 0.898. The van der Waals surface area contributed by atoms with Gasteiger partial charge in [0.15, 0.2) is 0 Å². The summed E-state index contributed by atoms with van der Waals surface area (Å²) in [7, 11) is 0. The Morgan fingerprint density at radius 3 is 2.71 bits per heavy atom. The van der Waals surface area contributed by atoms with Crippen LogP contribution in [0.2, 0.25) is 0 Å². The van der Waals surface area contributed by atoms with Crippen LogP contribution in [-0.4, -0.2) is 16.3 Å². The number of fused-ring (bicyclic) bond motifs is 1. The van der Waals surface area contributed by atoms with Crippen molar-refractivity contribution in [1.29, 1.82) is 0 Å². The molecule has 0 bridgehead atoms. The third-order valence-corrected chi connectivity index (χ3v) is 4.73. The molecule has 0 aliphatic heterocycles. The van der Waals surface area contributed by atoms with Crippen LogP contribution >= 0.6 is 15.9 Å². The molecule has 0 saturated heterocycles. The highest BCUT2D eigenvalue weighted by Crippen LogP contribution is 2.41. The van der Waals surface area contributed by atoms with Crippen molar-refractivity contribution >= 4 is 15.9 Å². The molecule has 1 aromatic heterocycles. The van der Waals surface area contributed by atoms with E-state index < -0.39 is 0 Å². The molecule has 112 valence electrons. The number of nitrogens with one attached hydrogen (secondary N) is 1. The first kappa shape index (κ1) is 14.8. The molecular formula is C17H22BrN3. The first-order valence-corrected chi connectivity index (χ1v) is 8.35. The summed E-state index contributed by atoms with van der Waals surface area (Å²) in [6.45, 7) is 7.85. The SMILES string of the molecule is CCNC1CC(C)(C)Cc2c1cnn2-c1ccc(Br)cc1. The van der Waals surface area contributed by atoms with E-state index in [-0.39, 0.29) is 0 Å². The highest BCUT2D eigenvalue weighted by atomic mass is 79.9. The topological polar surface area (TPSA) is 29.9 Å². The van der Waals surface area contributed by atoms with Crippen molar-refractivity contribution < 1.29 is 0 Å². The van der Waals surface area contributed by atoms with E-state index in [0.29, 0.717) is 11.5 Å². The Kier molecular flexibility index (Phi) is 3.93. The number of halogens is 1. The first-order chi connectivity index (χ1) is 10.00. The zero-order valence-electron chi connectivity index (χ0n) is 12.9. The van der Waals surface area contributed by atoms with Crippen LogP contribution in [0.15, 0.2) is 34.9 Å². The van der Waals surface area contributed by atoms with Gasteiger partial charge in [-0.05, 0) is 49.1 Å². The van der Waals surface area contributed by atoms with Crippen LogP contribution in [-0.2, 0) is 6.42 Å². The van der Waals surface area contributed by atoms with Gasteiger partial charge in [-0.1, -0.05) is 36.7 Å². The molecule has 1 N–H and O–H groups in total. The lowest BCUT2D eigenvalue weighted by Gasteiger charge is -2.36. The van der Waals surface area contributed by atoms with Gasteiger partial charge in [-0.2, -0.15) is 5.10 Å². The van der Waals surface area contributed by atoms with Gasteiger partial charge in [0, 0.05) is 21.8 Å². The summed E-state index contributed by atoms with van der Waals surface area (Å²) in [6, 6.07) is 8.78. The lowest BCUT2D eigenvalue weighted by atomic mass is 9.74. The van der Waals surface area contributed by atoms with Gasteiger partial charge in [-0.3, -0.25) is 0 Å². The van der Waals surface area contributed by atoms with Crippen LogP contribution in [0.1, 0.15) is 44.5 Å². The molecule has 2 aromatic rings. The van der Waals surface area contributed by atoms with Crippen LogP contribution < -0.4 is 5.32 Å². The van der Waals surface area contributed by atoms with Crippen LogP contribution in [0.4, 0.5) is 0 Å². The maximum atomic E-state index is 4.66. The summed E-state index contributed by atoms with van der Waals surface area (Å²) in [5.74, 6) is 0. The molecule has 0 spiro atoms. The Bertz CT molecular complexity index is 628. The maximum absolute atomic E-state index is 4.66. The Morgan fingerprint density at radius 1 is 1.33 bits per heavy atom. The molecule has 1 unspecified atom stereocenters. The van der Waals surface area contributed by atoms with Gasteiger partial charge in [-0.25, -0.2) is 4.68 Å². The van der Waals surface area contributed by atoms with E-state index in [1.54, 1.807) is 0 Å². The molecule has 3 nitrogen and oxygen atoms in total. The minimum absolute atomic E-state index is 0.299. The average molecular weight is 348 g/mol. The summed E-state index contributed by atoms with van der Waals surface area (Å²) < 4.78 is 3.20. The molecule has 0 radical (unpaired) electrons. The molecule has 1 aromatic carbocycles. The molecule has 1 heterocycles. The minimum Gasteiger partial charge on any atom is -0.310 e. The Morgan fingerprint density at radius 2 is 2.05 bits per heavy atom. The monoisotopic (exact) mass is 347 g/mol. The highest BCUT2D eigenvalue weighted by Gasteiger charge is 2.34. The van der Waals surface area contributed by atoms with Crippen molar-refractivity contribution in [2.75, 3.05) is 6.54 Å². The normalized spacial score (nSPS) is 20.3. The number of hydrogen-bond acceptors (Lipinski definition) is 2. The predicted octanol–water partition coefficient (Wildman–Crippen LogP) is 4.26. The van der Waals surface area contributed by atoms with Gasteiger partial charge in [0.05, 0.1) is 11.9 Å². The number of benzene rings is 1. The summed E-state index contributed by atoms with van der Waals surface area (Å²) in [5.41, 5.74) is 4.14. The van der Waals surface area contributed by atoms with Crippen molar-refractivity contribution in [2.24, 2.45) is 5.41 Å². The van der Waals surface area contributed by atoms with Crippen molar-refractivity contribution in [3.8, 4) is 5.69 Å². The molecule has 0 saturated carbocycles. The predicted molar refractivity (Wildman–Crippen MR) is 89.8 cm³/mol. The maximum Gasteiger partial charge on any atom is 0.0649 e. The third-order valence-electron chi connectivity index (χ3n) is 4.20. The Hall–Kier alpha value is -1.13. The molecule has 4 heteroatoms. The first-order valence-electron chi connectivity index (χ1n) is 7.56. The van der Waals surface area contributed by atoms with Crippen LogP contribution in [0, 0.1) is 5.41 Å². The fraction of sp³-hybridized carbons (Fsp3) is 0.471. The van der Waals surface area contributed by atoms with Crippen molar-refractivity contribution in [1.82, 2.24) is 15.1 Å². The summed E-state index contributed by atoms with van der Waals surface area (Å²) in [6.07, 6.45) is 4.28. The Balaban J connectivity index is 2.04. The summed E-state index contributed by atoms with van der Waals surface area (Å²) in [5, 5.41) is 8.27. The molecule has 0 fully saturated rings. The fourth-order valence-corrected chi connectivity index (χ4v) is 3.54. The summed E-state index contributed by atoms with van der Waals surface area (Å²) in [4.78, 5) is 0. The number of rotatable bonds is 3. The van der Waals surface area contributed by atoms with Gasteiger partial charge < -0.3 is 5.32 Å². The van der Waals surface area contributed by atoms with Crippen molar-refractivity contribution in [2.45, 2.75) is 39.7 Å². The van der Waals surface area contributed by atoms with E-state index in [1.807, 2.05) is 6.20 Å².